The van der Waals surface area contributed by atoms with Crippen LogP contribution in [0.2, 0.25) is 0 Å². The van der Waals surface area contributed by atoms with Gasteiger partial charge in [-0.15, -0.1) is 5.06 Å². The zero-order valence-corrected chi connectivity index (χ0v) is 14.0. The number of hydrogen-bond donors (Lipinski definition) is 2. The maximum absolute atomic E-state index is 12.4. The second kappa shape index (κ2) is 8.03. The molecule has 2 heterocycles. The molecule has 1 fully saturated rings. The van der Waals surface area contributed by atoms with Crippen molar-refractivity contribution in [1.29, 1.82) is 0 Å². The van der Waals surface area contributed by atoms with E-state index in [1.165, 1.54) is 15.7 Å². The topological polar surface area (TPSA) is 101 Å². The molecule has 2 atom stereocenters. The molecule has 0 spiro atoms. The molecule has 2 aromatic rings. The van der Waals surface area contributed by atoms with E-state index in [4.69, 9.17) is 9.84 Å². The highest BCUT2D eigenvalue weighted by molar-refractivity contribution is 5.56. The Labute approximate surface area is 149 Å². The first-order valence-corrected chi connectivity index (χ1v) is 8.26. The molecule has 1 aliphatic heterocycles. The quantitative estimate of drug-likeness (QED) is 0.836. The Morgan fingerprint density at radius 3 is 2.65 bits per heavy atom. The van der Waals surface area contributed by atoms with Crippen molar-refractivity contribution in [2.75, 3.05) is 13.1 Å². The fourth-order valence-corrected chi connectivity index (χ4v) is 2.98. The van der Waals surface area contributed by atoms with Gasteiger partial charge in [-0.1, -0.05) is 30.3 Å². The molecule has 1 aliphatic rings. The molecule has 0 bridgehead atoms. The van der Waals surface area contributed by atoms with E-state index in [2.05, 4.69) is 4.84 Å². The summed E-state index contributed by atoms with van der Waals surface area (Å²) < 4.78 is 7.08. The van der Waals surface area contributed by atoms with Gasteiger partial charge in [0.1, 0.15) is 12.4 Å². The molecule has 138 valence electrons. The number of pyridine rings is 1. The normalized spacial score (nSPS) is 20.5. The van der Waals surface area contributed by atoms with Crippen molar-refractivity contribution in [1.82, 2.24) is 9.63 Å². The van der Waals surface area contributed by atoms with Crippen LogP contribution in [-0.2, 0) is 11.4 Å². The number of nitrogens with zero attached hydrogens (tertiary/aromatic N) is 2. The van der Waals surface area contributed by atoms with Crippen LogP contribution in [0.5, 0.6) is 5.75 Å². The number of aromatic nitrogens is 1. The van der Waals surface area contributed by atoms with Crippen LogP contribution in [0.15, 0.2) is 53.5 Å². The summed E-state index contributed by atoms with van der Waals surface area (Å²) in [6.45, 7) is 0.667. The minimum Gasteiger partial charge on any atom is -0.489 e. The fraction of sp³-hybridized carbons (Fsp3) is 0.333. The van der Waals surface area contributed by atoms with Crippen molar-refractivity contribution in [3.05, 3.63) is 64.6 Å². The SMILES string of the molecule is O=C(O)ON1CCC(n2ccc(OCc3ccccc3)cc2=O)C(O)C1. The molecule has 1 saturated heterocycles. The molecule has 8 heteroatoms. The van der Waals surface area contributed by atoms with Gasteiger partial charge in [0.15, 0.2) is 0 Å². The van der Waals surface area contributed by atoms with Crippen LogP contribution >= 0.6 is 0 Å². The van der Waals surface area contributed by atoms with Crippen molar-refractivity contribution >= 4 is 6.16 Å². The van der Waals surface area contributed by atoms with E-state index in [-0.39, 0.29) is 12.1 Å². The number of β-amino-alcohol motifs (C(OH)–C–C–N with tert-alkyl or cyclic N) is 1. The number of benzene rings is 1. The number of carboxylic acid groups (broad SMARTS) is 1. The van der Waals surface area contributed by atoms with Crippen molar-refractivity contribution in [3.63, 3.8) is 0 Å². The van der Waals surface area contributed by atoms with Gasteiger partial charge >= 0.3 is 6.16 Å². The lowest BCUT2D eigenvalue weighted by molar-refractivity contribution is -0.160. The molecule has 3 rings (SSSR count). The zero-order valence-electron chi connectivity index (χ0n) is 14.0. The standard InChI is InChI=1S/C18H20N2O6/c21-16-11-19(26-18(23)24)8-7-15(16)20-9-6-14(10-17(20)22)25-12-13-4-2-1-3-5-13/h1-6,9-10,15-16,21H,7-8,11-12H2,(H,23,24). The Hall–Kier alpha value is -2.84. The first kappa shape index (κ1) is 18.0. The van der Waals surface area contributed by atoms with Crippen LogP contribution in [0.4, 0.5) is 4.79 Å². The van der Waals surface area contributed by atoms with E-state index in [0.29, 0.717) is 25.3 Å². The molecule has 1 aromatic heterocycles. The van der Waals surface area contributed by atoms with Crippen molar-refractivity contribution in [3.8, 4) is 5.75 Å². The van der Waals surface area contributed by atoms with Crippen LogP contribution in [0.1, 0.15) is 18.0 Å². The minimum absolute atomic E-state index is 0.00959. The number of carbonyl (C=O) groups is 1. The summed E-state index contributed by atoms with van der Waals surface area (Å²) in [6.07, 6.45) is -0.368. The number of ether oxygens (including phenoxy) is 1. The minimum atomic E-state index is -1.42. The third-order valence-electron chi connectivity index (χ3n) is 4.24. The highest BCUT2D eigenvalue weighted by Gasteiger charge is 2.31. The van der Waals surface area contributed by atoms with Crippen molar-refractivity contribution in [2.45, 2.75) is 25.2 Å². The summed E-state index contributed by atoms with van der Waals surface area (Å²) in [5.74, 6) is 0.455. The summed E-state index contributed by atoms with van der Waals surface area (Å²) in [6, 6.07) is 12.2. The largest absolute Gasteiger partial charge is 0.525 e. The summed E-state index contributed by atoms with van der Waals surface area (Å²) in [4.78, 5) is 27.5. The van der Waals surface area contributed by atoms with Gasteiger partial charge in [-0.2, -0.15) is 0 Å². The van der Waals surface area contributed by atoms with Gasteiger partial charge in [0.05, 0.1) is 18.7 Å². The Bertz CT molecular complexity index is 807. The summed E-state index contributed by atoms with van der Waals surface area (Å²) >= 11 is 0. The summed E-state index contributed by atoms with van der Waals surface area (Å²) in [5.41, 5.74) is 0.713. The van der Waals surface area contributed by atoms with E-state index in [1.807, 2.05) is 30.3 Å². The number of piperidine rings is 1. The highest BCUT2D eigenvalue weighted by atomic mass is 16.8. The molecular formula is C18H20N2O6. The number of hydroxylamine groups is 2. The van der Waals surface area contributed by atoms with Crippen LogP contribution in [0, 0.1) is 0 Å². The third-order valence-corrected chi connectivity index (χ3v) is 4.24. The van der Waals surface area contributed by atoms with Crippen LogP contribution in [0.3, 0.4) is 0 Å². The molecule has 8 nitrogen and oxygen atoms in total. The molecule has 0 aliphatic carbocycles. The Morgan fingerprint density at radius 2 is 2.00 bits per heavy atom. The summed E-state index contributed by atoms with van der Waals surface area (Å²) in [5, 5.41) is 20.0. The molecule has 0 saturated carbocycles. The number of aliphatic hydroxyl groups is 1. The average molecular weight is 360 g/mol. The first-order valence-electron chi connectivity index (χ1n) is 8.26. The van der Waals surface area contributed by atoms with Gasteiger partial charge in [0.2, 0.25) is 0 Å². The molecule has 26 heavy (non-hydrogen) atoms. The lowest BCUT2D eigenvalue weighted by Crippen LogP contribution is -2.47. The second-order valence-electron chi connectivity index (χ2n) is 6.05. The van der Waals surface area contributed by atoms with E-state index in [1.54, 1.807) is 12.3 Å². The zero-order chi connectivity index (χ0) is 18.5. The third kappa shape index (κ3) is 4.41. The van der Waals surface area contributed by atoms with Crippen molar-refractivity contribution < 1.29 is 24.6 Å². The Morgan fingerprint density at radius 1 is 1.23 bits per heavy atom. The maximum atomic E-state index is 12.4. The van der Waals surface area contributed by atoms with Gasteiger partial charge in [0.25, 0.3) is 5.56 Å². The van der Waals surface area contributed by atoms with E-state index >= 15 is 0 Å². The Kier molecular flexibility index (Phi) is 5.55. The van der Waals surface area contributed by atoms with Gasteiger partial charge < -0.3 is 24.4 Å². The predicted molar refractivity (Wildman–Crippen MR) is 91.8 cm³/mol. The molecule has 1 aromatic carbocycles. The molecule has 2 unspecified atom stereocenters. The molecule has 0 amide bonds. The fourth-order valence-electron chi connectivity index (χ4n) is 2.98. The van der Waals surface area contributed by atoms with Crippen LogP contribution < -0.4 is 10.3 Å². The number of hydrogen-bond acceptors (Lipinski definition) is 6. The summed E-state index contributed by atoms with van der Waals surface area (Å²) in [7, 11) is 0. The monoisotopic (exact) mass is 360 g/mol. The number of rotatable bonds is 5. The van der Waals surface area contributed by atoms with E-state index in [0.717, 1.165) is 5.56 Å². The van der Waals surface area contributed by atoms with Crippen molar-refractivity contribution in [2.24, 2.45) is 0 Å². The van der Waals surface area contributed by atoms with Crippen LogP contribution in [-0.4, -0.2) is 45.2 Å². The smallest absolute Gasteiger partial charge is 0.489 e. The van der Waals surface area contributed by atoms with Gasteiger partial charge in [-0.05, 0) is 18.1 Å². The van der Waals surface area contributed by atoms with Gasteiger partial charge in [0, 0.05) is 18.8 Å². The highest BCUT2D eigenvalue weighted by Crippen LogP contribution is 2.23. The maximum Gasteiger partial charge on any atom is 0.525 e. The lowest BCUT2D eigenvalue weighted by Gasteiger charge is -2.34. The second-order valence-corrected chi connectivity index (χ2v) is 6.05. The van der Waals surface area contributed by atoms with E-state index < -0.39 is 18.3 Å². The average Bonchev–Trinajstić information content (AvgIpc) is 2.61. The predicted octanol–water partition coefficient (Wildman–Crippen LogP) is 1.64. The molecule has 0 radical (unpaired) electrons. The first-order chi connectivity index (χ1) is 12.5. The van der Waals surface area contributed by atoms with E-state index in [9.17, 15) is 14.7 Å². The Balaban J connectivity index is 1.64. The lowest BCUT2D eigenvalue weighted by atomic mass is 10.0. The van der Waals surface area contributed by atoms with Gasteiger partial charge in [-0.3, -0.25) is 4.79 Å². The molecule has 2 N–H and O–H groups in total. The van der Waals surface area contributed by atoms with Crippen LogP contribution in [0.25, 0.3) is 0 Å². The van der Waals surface area contributed by atoms with Gasteiger partial charge in [-0.25, -0.2) is 4.79 Å². The number of aliphatic hydroxyl groups excluding tert-OH is 1. The molecular weight excluding hydrogens is 340 g/mol.